The van der Waals surface area contributed by atoms with Crippen molar-refractivity contribution in [3.63, 3.8) is 0 Å². The number of aliphatic hydroxyl groups is 1. The summed E-state index contributed by atoms with van der Waals surface area (Å²) in [7, 11) is 1.94. The predicted molar refractivity (Wildman–Crippen MR) is 59.0 cm³/mol. The van der Waals surface area contributed by atoms with Gasteiger partial charge in [0.1, 0.15) is 5.75 Å². The van der Waals surface area contributed by atoms with Gasteiger partial charge in [-0.15, -0.1) is 0 Å². The van der Waals surface area contributed by atoms with Crippen molar-refractivity contribution in [2.24, 2.45) is 0 Å². The van der Waals surface area contributed by atoms with Gasteiger partial charge in [-0.3, -0.25) is 0 Å². The fourth-order valence-electron chi connectivity index (χ4n) is 2.29. The lowest BCUT2D eigenvalue weighted by molar-refractivity contribution is 0.151. The molecule has 0 aromatic heterocycles. The van der Waals surface area contributed by atoms with Crippen molar-refractivity contribution in [3.05, 3.63) is 29.8 Å². The van der Waals surface area contributed by atoms with E-state index in [2.05, 4.69) is 11.4 Å². The SMILES string of the molecule is CNC1(CCO)CCOc2ccccc21. The van der Waals surface area contributed by atoms with Gasteiger partial charge in [0.05, 0.1) is 12.1 Å². The molecule has 1 unspecified atom stereocenters. The van der Waals surface area contributed by atoms with Gasteiger partial charge in [0.25, 0.3) is 0 Å². The Hall–Kier alpha value is -1.06. The molecule has 3 heteroatoms. The highest BCUT2D eigenvalue weighted by molar-refractivity contribution is 5.40. The zero-order valence-electron chi connectivity index (χ0n) is 8.99. The van der Waals surface area contributed by atoms with Crippen LogP contribution in [-0.4, -0.2) is 25.4 Å². The molecule has 1 aromatic rings. The molecule has 0 spiro atoms. The highest BCUT2D eigenvalue weighted by Crippen LogP contribution is 2.38. The van der Waals surface area contributed by atoms with Crippen LogP contribution in [0, 0.1) is 0 Å². The minimum atomic E-state index is -0.121. The zero-order valence-corrected chi connectivity index (χ0v) is 8.99. The van der Waals surface area contributed by atoms with Crippen molar-refractivity contribution in [2.45, 2.75) is 18.4 Å². The van der Waals surface area contributed by atoms with E-state index in [1.165, 1.54) is 0 Å². The van der Waals surface area contributed by atoms with Gasteiger partial charge in [-0.05, 0) is 19.5 Å². The van der Waals surface area contributed by atoms with Crippen molar-refractivity contribution in [1.29, 1.82) is 0 Å². The summed E-state index contributed by atoms with van der Waals surface area (Å²) >= 11 is 0. The van der Waals surface area contributed by atoms with Gasteiger partial charge in [-0.1, -0.05) is 18.2 Å². The molecule has 2 N–H and O–H groups in total. The normalized spacial score (nSPS) is 24.4. The number of hydrogen-bond acceptors (Lipinski definition) is 3. The lowest BCUT2D eigenvalue weighted by atomic mass is 9.82. The van der Waals surface area contributed by atoms with Crippen LogP contribution in [0.2, 0.25) is 0 Å². The molecule has 15 heavy (non-hydrogen) atoms. The van der Waals surface area contributed by atoms with Crippen LogP contribution >= 0.6 is 0 Å². The maximum Gasteiger partial charge on any atom is 0.124 e. The summed E-state index contributed by atoms with van der Waals surface area (Å²) in [6, 6.07) is 8.04. The van der Waals surface area contributed by atoms with E-state index in [-0.39, 0.29) is 12.1 Å². The lowest BCUT2D eigenvalue weighted by Gasteiger charge is -2.38. The van der Waals surface area contributed by atoms with Crippen LogP contribution in [0.1, 0.15) is 18.4 Å². The van der Waals surface area contributed by atoms with Crippen molar-refractivity contribution < 1.29 is 9.84 Å². The third-order valence-electron chi connectivity index (χ3n) is 3.21. The standard InChI is InChI=1S/C12H17NO2/c1-13-12(6-8-14)7-9-15-11-5-3-2-4-10(11)12/h2-5,13-14H,6-9H2,1H3. The third-order valence-corrected chi connectivity index (χ3v) is 3.21. The summed E-state index contributed by atoms with van der Waals surface area (Å²) in [5, 5.41) is 12.5. The highest BCUT2D eigenvalue weighted by Gasteiger charge is 2.35. The van der Waals surface area contributed by atoms with Gasteiger partial charge in [0.2, 0.25) is 0 Å². The van der Waals surface area contributed by atoms with Gasteiger partial charge in [0.15, 0.2) is 0 Å². The largest absolute Gasteiger partial charge is 0.493 e. The van der Waals surface area contributed by atoms with E-state index in [9.17, 15) is 0 Å². The molecular formula is C12H17NO2. The van der Waals surface area contributed by atoms with Gasteiger partial charge < -0.3 is 15.2 Å². The van der Waals surface area contributed by atoms with E-state index in [1.54, 1.807) is 0 Å². The fourth-order valence-corrected chi connectivity index (χ4v) is 2.29. The molecule has 1 aliphatic rings. The number of fused-ring (bicyclic) bond motifs is 1. The second-order valence-electron chi connectivity index (χ2n) is 3.90. The maximum atomic E-state index is 9.16. The third kappa shape index (κ3) is 1.73. The second kappa shape index (κ2) is 4.21. The smallest absolute Gasteiger partial charge is 0.124 e. The summed E-state index contributed by atoms with van der Waals surface area (Å²) < 4.78 is 5.61. The van der Waals surface area contributed by atoms with Gasteiger partial charge in [-0.2, -0.15) is 0 Å². The first-order chi connectivity index (χ1) is 7.32. The van der Waals surface area contributed by atoms with Crippen molar-refractivity contribution in [1.82, 2.24) is 5.32 Å². The van der Waals surface area contributed by atoms with Gasteiger partial charge >= 0.3 is 0 Å². The first kappa shape index (κ1) is 10.5. The van der Waals surface area contributed by atoms with E-state index in [0.29, 0.717) is 6.61 Å². The molecule has 0 bridgehead atoms. The molecule has 0 saturated heterocycles. The Morgan fingerprint density at radius 1 is 1.47 bits per heavy atom. The first-order valence-electron chi connectivity index (χ1n) is 5.34. The van der Waals surface area contributed by atoms with E-state index in [4.69, 9.17) is 9.84 Å². The van der Waals surface area contributed by atoms with Crippen LogP contribution in [0.3, 0.4) is 0 Å². The Kier molecular flexibility index (Phi) is 2.93. The van der Waals surface area contributed by atoms with Crippen molar-refractivity contribution in [2.75, 3.05) is 20.3 Å². The second-order valence-corrected chi connectivity index (χ2v) is 3.90. The summed E-state index contributed by atoms with van der Waals surface area (Å²) in [6.07, 6.45) is 1.63. The van der Waals surface area contributed by atoms with Crippen molar-refractivity contribution in [3.8, 4) is 5.75 Å². The number of nitrogens with one attached hydrogen (secondary N) is 1. The van der Waals surface area contributed by atoms with Gasteiger partial charge in [-0.25, -0.2) is 0 Å². The Balaban J connectivity index is 2.42. The minimum absolute atomic E-state index is 0.121. The van der Waals surface area contributed by atoms with Crippen LogP contribution in [-0.2, 0) is 5.54 Å². The average molecular weight is 207 g/mol. The monoisotopic (exact) mass is 207 g/mol. The Morgan fingerprint density at radius 3 is 3.00 bits per heavy atom. The van der Waals surface area contributed by atoms with Crippen LogP contribution in [0.4, 0.5) is 0 Å². The first-order valence-corrected chi connectivity index (χ1v) is 5.34. The number of ether oxygens (including phenoxy) is 1. The number of hydrogen-bond donors (Lipinski definition) is 2. The molecule has 3 nitrogen and oxygen atoms in total. The average Bonchev–Trinajstić information content (AvgIpc) is 2.30. The Labute approximate surface area is 90.1 Å². The summed E-state index contributed by atoms with van der Waals surface area (Å²) in [4.78, 5) is 0. The number of para-hydroxylation sites is 1. The minimum Gasteiger partial charge on any atom is -0.493 e. The highest BCUT2D eigenvalue weighted by atomic mass is 16.5. The molecular weight excluding hydrogens is 190 g/mol. The van der Waals surface area contributed by atoms with Gasteiger partial charge in [0, 0.05) is 18.6 Å². The van der Waals surface area contributed by atoms with Crippen LogP contribution < -0.4 is 10.1 Å². The number of benzene rings is 1. The quantitative estimate of drug-likeness (QED) is 0.784. The summed E-state index contributed by atoms with van der Waals surface area (Å²) in [6.45, 7) is 0.896. The van der Waals surface area contributed by atoms with E-state index in [0.717, 1.165) is 24.2 Å². The molecule has 0 radical (unpaired) electrons. The molecule has 1 aromatic carbocycles. The summed E-state index contributed by atoms with van der Waals surface area (Å²) in [5.41, 5.74) is 1.04. The number of aliphatic hydroxyl groups excluding tert-OH is 1. The number of rotatable bonds is 3. The zero-order chi connectivity index (χ0) is 10.7. The molecule has 2 rings (SSSR count). The van der Waals surface area contributed by atoms with Crippen LogP contribution in [0.15, 0.2) is 24.3 Å². The lowest BCUT2D eigenvalue weighted by Crippen LogP contribution is -2.44. The molecule has 1 heterocycles. The van der Waals surface area contributed by atoms with E-state index >= 15 is 0 Å². The molecule has 1 atom stereocenters. The molecule has 0 saturated carbocycles. The predicted octanol–water partition coefficient (Wildman–Crippen LogP) is 1.27. The van der Waals surface area contributed by atoms with Crippen molar-refractivity contribution >= 4 is 0 Å². The molecule has 0 aliphatic carbocycles. The van der Waals surface area contributed by atoms with E-state index in [1.807, 2.05) is 25.2 Å². The Morgan fingerprint density at radius 2 is 2.27 bits per heavy atom. The molecule has 82 valence electrons. The topological polar surface area (TPSA) is 41.5 Å². The van der Waals surface area contributed by atoms with Crippen LogP contribution in [0.5, 0.6) is 5.75 Å². The molecule has 0 fully saturated rings. The van der Waals surface area contributed by atoms with E-state index < -0.39 is 0 Å². The van der Waals surface area contributed by atoms with Crippen LogP contribution in [0.25, 0.3) is 0 Å². The maximum absolute atomic E-state index is 9.16. The molecule has 1 aliphatic heterocycles. The summed E-state index contributed by atoms with van der Waals surface area (Å²) in [5.74, 6) is 0.937. The fraction of sp³-hybridized carbons (Fsp3) is 0.500. The molecule has 0 amide bonds. The Bertz CT molecular complexity index is 340.